The number of nitrogens with zero attached hydrogens (tertiary/aromatic N) is 3. The number of fused-ring (bicyclic) bond motifs is 1. The van der Waals surface area contributed by atoms with Crippen LogP contribution in [0.4, 0.5) is 5.69 Å². The fourth-order valence-electron chi connectivity index (χ4n) is 3.36. The van der Waals surface area contributed by atoms with Crippen LogP contribution in [-0.2, 0) is 6.54 Å². The predicted molar refractivity (Wildman–Crippen MR) is 116 cm³/mol. The summed E-state index contributed by atoms with van der Waals surface area (Å²) >= 11 is 0. The molecule has 2 aromatic carbocycles. The van der Waals surface area contributed by atoms with Gasteiger partial charge in [0.25, 0.3) is 11.5 Å². The largest absolute Gasteiger partial charge is 0.497 e. The van der Waals surface area contributed by atoms with Crippen LogP contribution < -0.4 is 15.6 Å². The molecular formula is C23H22N4O3. The van der Waals surface area contributed by atoms with Gasteiger partial charge in [-0.3, -0.25) is 9.59 Å². The molecule has 4 rings (SSSR count). The Balaban J connectivity index is 1.81. The number of hydrogen-bond donors (Lipinski definition) is 1. The van der Waals surface area contributed by atoms with Crippen molar-refractivity contribution in [3.63, 3.8) is 0 Å². The van der Waals surface area contributed by atoms with E-state index in [-0.39, 0.29) is 11.5 Å². The van der Waals surface area contributed by atoms with E-state index in [1.165, 1.54) is 4.68 Å². The molecule has 0 aliphatic carbocycles. The lowest BCUT2D eigenvalue weighted by Crippen LogP contribution is -2.17. The van der Waals surface area contributed by atoms with Gasteiger partial charge in [-0.05, 0) is 30.7 Å². The number of aryl methyl sites for hydroxylation is 1. The first kappa shape index (κ1) is 19.4. The van der Waals surface area contributed by atoms with Crippen LogP contribution in [0.15, 0.2) is 71.8 Å². The number of aromatic nitrogens is 3. The van der Waals surface area contributed by atoms with E-state index >= 15 is 0 Å². The van der Waals surface area contributed by atoms with E-state index in [2.05, 4.69) is 10.4 Å². The molecule has 2 heterocycles. The van der Waals surface area contributed by atoms with Crippen LogP contribution in [0.5, 0.6) is 5.75 Å². The molecule has 0 bridgehead atoms. The third kappa shape index (κ3) is 3.69. The third-order valence-corrected chi connectivity index (χ3v) is 4.78. The van der Waals surface area contributed by atoms with Crippen molar-refractivity contribution in [2.45, 2.75) is 19.9 Å². The van der Waals surface area contributed by atoms with E-state index in [1.807, 2.05) is 41.8 Å². The molecule has 1 N–H and O–H groups in total. The highest BCUT2D eigenvalue weighted by Gasteiger charge is 2.24. The van der Waals surface area contributed by atoms with Gasteiger partial charge in [0.15, 0.2) is 0 Å². The Morgan fingerprint density at radius 1 is 1.10 bits per heavy atom. The molecular weight excluding hydrogens is 380 g/mol. The molecule has 0 saturated heterocycles. The Morgan fingerprint density at radius 3 is 2.63 bits per heavy atom. The van der Waals surface area contributed by atoms with Crippen LogP contribution in [0.25, 0.3) is 16.9 Å². The number of methoxy groups -OCH3 is 1. The molecule has 1 amide bonds. The normalized spacial score (nSPS) is 10.9. The molecule has 152 valence electrons. The van der Waals surface area contributed by atoms with Gasteiger partial charge in [-0.1, -0.05) is 31.2 Å². The minimum Gasteiger partial charge on any atom is -0.497 e. The Labute approximate surface area is 173 Å². The van der Waals surface area contributed by atoms with Gasteiger partial charge in [-0.15, -0.1) is 0 Å². The lowest BCUT2D eigenvalue weighted by atomic mass is 10.1. The number of para-hydroxylation sites is 1. The summed E-state index contributed by atoms with van der Waals surface area (Å²) in [6, 6.07) is 16.3. The molecule has 0 spiro atoms. The van der Waals surface area contributed by atoms with E-state index < -0.39 is 0 Å². The Morgan fingerprint density at radius 2 is 1.90 bits per heavy atom. The van der Waals surface area contributed by atoms with Crippen LogP contribution in [0.2, 0.25) is 0 Å². The molecule has 2 aliphatic rings. The van der Waals surface area contributed by atoms with Gasteiger partial charge in [-0.25, -0.2) is 0 Å². The highest BCUT2D eigenvalue weighted by Crippen LogP contribution is 2.24. The van der Waals surface area contributed by atoms with Crippen LogP contribution >= 0.6 is 0 Å². The van der Waals surface area contributed by atoms with Crippen molar-refractivity contribution >= 4 is 11.6 Å². The second kappa shape index (κ2) is 8.24. The quantitative estimate of drug-likeness (QED) is 0.532. The molecule has 0 saturated carbocycles. The first-order valence-corrected chi connectivity index (χ1v) is 9.74. The highest BCUT2D eigenvalue weighted by atomic mass is 16.5. The summed E-state index contributed by atoms with van der Waals surface area (Å²) in [7, 11) is 1.57. The SMILES string of the molecule is CCCn1cc(C(=O)Nc2cccc(OC)c2)c2nn(-c3ccccc3)c(=O)c-2c1. The third-order valence-electron chi connectivity index (χ3n) is 4.78. The summed E-state index contributed by atoms with van der Waals surface area (Å²) in [4.78, 5) is 26.2. The van der Waals surface area contributed by atoms with E-state index in [4.69, 9.17) is 4.74 Å². The zero-order valence-corrected chi connectivity index (χ0v) is 16.8. The van der Waals surface area contributed by atoms with E-state index in [1.54, 1.807) is 43.8 Å². The lowest BCUT2D eigenvalue weighted by Gasteiger charge is -2.12. The topological polar surface area (TPSA) is 78.2 Å². The first-order valence-electron chi connectivity index (χ1n) is 9.74. The van der Waals surface area contributed by atoms with Gasteiger partial charge >= 0.3 is 0 Å². The molecule has 2 aliphatic heterocycles. The molecule has 7 heteroatoms. The lowest BCUT2D eigenvalue weighted by molar-refractivity contribution is 0.102. The van der Waals surface area contributed by atoms with Crippen LogP contribution in [0.3, 0.4) is 0 Å². The van der Waals surface area contributed by atoms with Crippen molar-refractivity contribution in [3.05, 3.63) is 82.9 Å². The molecule has 7 nitrogen and oxygen atoms in total. The maximum absolute atomic E-state index is 13.1. The number of nitrogens with one attached hydrogen (secondary N) is 1. The fraction of sp³-hybridized carbons (Fsp3) is 0.174. The van der Waals surface area contributed by atoms with Crippen LogP contribution in [0, 0.1) is 0 Å². The van der Waals surface area contributed by atoms with Crippen LogP contribution in [-0.4, -0.2) is 27.4 Å². The number of rotatable bonds is 6. The number of amides is 1. The number of carbonyl (C=O) groups is 1. The van der Waals surface area contributed by atoms with Crippen molar-refractivity contribution in [1.82, 2.24) is 14.3 Å². The van der Waals surface area contributed by atoms with Crippen molar-refractivity contribution < 1.29 is 9.53 Å². The van der Waals surface area contributed by atoms with E-state index in [0.717, 1.165) is 6.42 Å². The summed E-state index contributed by atoms with van der Waals surface area (Å²) < 4.78 is 8.42. The second-order valence-corrected chi connectivity index (χ2v) is 6.91. The molecule has 0 fully saturated rings. The van der Waals surface area contributed by atoms with Crippen molar-refractivity contribution in [3.8, 4) is 22.7 Å². The van der Waals surface area contributed by atoms with Crippen LogP contribution in [0.1, 0.15) is 23.7 Å². The molecule has 30 heavy (non-hydrogen) atoms. The maximum Gasteiger partial charge on any atom is 0.282 e. The fourth-order valence-corrected chi connectivity index (χ4v) is 3.36. The number of benzene rings is 2. The molecule has 0 radical (unpaired) electrons. The number of carbonyl (C=O) groups excluding carboxylic acids is 1. The van der Waals surface area contributed by atoms with Crippen molar-refractivity contribution in [2.24, 2.45) is 0 Å². The maximum atomic E-state index is 13.1. The van der Waals surface area contributed by atoms with Gasteiger partial charge in [0, 0.05) is 30.7 Å². The molecule has 2 aromatic rings. The summed E-state index contributed by atoms with van der Waals surface area (Å²) in [6.45, 7) is 2.73. The Kier molecular flexibility index (Phi) is 5.34. The van der Waals surface area contributed by atoms with Gasteiger partial charge in [0.1, 0.15) is 11.4 Å². The standard InChI is InChI=1S/C23H22N4O3/c1-3-12-26-14-19(22(28)24-16-8-7-11-18(13-16)30-2)21-20(15-26)23(29)27(25-21)17-9-5-4-6-10-17/h4-11,13-15H,3,12H2,1-2H3,(H,24,28). The number of anilines is 1. The molecule has 0 aromatic heterocycles. The summed E-state index contributed by atoms with van der Waals surface area (Å²) in [6.07, 6.45) is 4.37. The van der Waals surface area contributed by atoms with E-state index in [0.29, 0.717) is 40.5 Å². The number of ether oxygens (including phenoxy) is 1. The monoisotopic (exact) mass is 402 g/mol. The zero-order valence-electron chi connectivity index (χ0n) is 16.8. The van der Waals surface area contributed by atoms with Crippen molar-refractivity contribution in [1.29, 1.82) is 0 Å². The summed E-state index contributed by atoms with van der Waals surface area (Å²) in [5, 5.41) is 7.36. The number of pyridine rings is 1. The summed E-state index contributed by atoms with van der Waals surface area (Å²) in [5.41, 5.74) is 2.12. The smallest absolute Gasteiger partial charge is 0.282 e. The molecule has 0 atom stereocenters. The zero-order chi connectivity index (χ0) is 21.1. The minimum absolute atomic E-state index is 0.253. The van der Waals surface area contributed by atoms with Gasteiger partial charge in [-0.2, -0.15) is 9.78 Å². The first-order chi connectivity index (χ1) is 14.6. The predicted octanol–water partition coefficient (Wildman–Crippen LogP) is 3.81. The van der Waals surface area contributed by atoms with E-state index in [9.17, 15) is 9.59 Å². The van der Waals surface area contributed by atoms with Gasteiger partial charge in [0.05, 0.1) is 23.9 Å². The highest BCUT2D eigenvalue weighted by molar-refractivity contribution is 6.08. The van der Waals surface area contributed by atoms with Crippen molar-refractivity contribution in [2.75, 3.05) is 12.4 Å². The van der Waals surface area contributed by atoms with Gasteiger partial charge in [0.2, 0.25) is 0 Å². The Hall–Kier alpha value is -3.87. The Bertz CT molecular complexity index is 1210. The average molecular weight is 402 g/mol. The molecule has 0 unspecified atom stereocenters. The number of hydrogen-bond acceptors (Lipinski definition) is 4. The second-order valence-electron chi connectivity index (χ2n) is 6.91. The van der Waals surface area contributed by atoms with Gasteiger partial charge < -0.3 is 14.6 Å². The minimum atomic E-state index is -0.337. The average Bonchev–Trinajstić information content (AvgIpc) is 3.10. The summed E-state index contributed by atoms with van der Waals surface area (Å²) in [5.74, 6) is 0.304.